The van der Waals surface area contributed by atoms with Gasteiger partial charge in [-0.2, -0.15) is 0 Å². The largest absolute Gasteiger partial charge is 0.347 e. The van der Waals surface area contributed by atoms with E-state index in [9.17, 15) is 4.79 Å². The molecule has 1 atom stereocenters. The zero-order chi connectivity index (χ0) is 14.7. The van der Waals surface area contributed by atoms with Crippen LogP contribution in [0, 0.1) is 5.92 Å². The van der Waals surface area contributed by atoms with Crippen LogP contribution in [0.5, 0.6) is 0 Å². The van der Waals surface area contributed by atoms with E-state index >= 15 is 0 Å². The van der Waals surface area contributed by atoms with Gasteiger partial charge in [0.25, 0.3) is 0 Å². The Kier molecular flexibility index (Phi) is 4.82. The fourth-order valence-electron chi connectivity index (χ4n) is 3.73. The van der Waals surface area contributed by atoms with Gasteiger partial charge in [0, 0.05) is 52.0 Å². The van der Waals surface area contributed by atoms with Crippen LogP contribution in [-0.4, -0.2) is 67.4 Å². The molecule has 1 spiro atoms. The molecule has 5 nitrogen and oxygen atoms in total. The smallest absolute Gasteiger partial charge is 0.223 e. The quantitative estimate of drug-likeness (QED) is 0.791. The van der Waals surface area contributed by atoms with Gasteiger partial charge >= 0.3 is 0 Å². The second-order valence-electron chi connectivity index (χ2n) is 6.79. The molecule has 120 valence electrons. The van der Waals surface area contributed by atoms with Gasteiger partial charge in [-0.05, 0) is 18.8 Å². The summed E-state index contributed by atoms with van der Waals surface area (Å²) in [5.74, 6) is 0.687. The Labute approximate surface area is 127 Å². The van der Waals surface area contributed by atoms with Crippen molar-refractivity contribution in [3.8, 4) is 0 Å². The fourth-order valence-corrected chi connectivity index (χ4v) is 3.73. The van der Waals surface area contributed by atoms with E-state index in [0.29, 0.717) is 18.2 Å². The van der Waals surface area contributed by atoms with Crippen molar-refractivity contribution < 1.29 is 14.3 Å². The summed E-state index contributed by atoms with van der Waals surface area (Å²) in [4.78, 5) is 16.7. The zero-order valence-corrected chi connectivity index (χ0v) is 13.2. The molecular weight excluding hydrogens is 268 g/mol. The van der Waals surface area contributed by atoms with Crippen molar-refractivity contribution >= 4 is 5.91 Å². The van der Waals surface area contributed by atoms with Crippen LogP contribution in [0.2, 0.25) is 0 Å². The van der Waals surface area contributed by atoms with E-state index in [1.165, 1.54) is 6.42 Å². The van der Waals surface area contributed by atoms with Crippen molar-refractivity contribution in [1.82, 2.24) is 9.80 Å². The highest BCUT2D eigenvalue weighted by molar-refractivity contribution is 5.76. The Morgan fingerprint density at radius 3 is 2.57 bits per heavy atom. The van der Waals surface area contributed by atoms with Gasteiger partial charge in [0.1, 0.15) is 0 Å². The third kappa shape index (κ3) is 3.76. The Hall–Kier alpha value is -0.650. The summed E-state index contributed by atoms with van der Waals surface area (Å²) in [5.41, 5.74) is 0. The van der Waals surface area contributed by atoms with Crippen LogP contribution in [0.3, 0.4) is 0 Å². The van der Waals surface area contributed by atoms with Crippen LogP contribution in [0.15, 0.2) is 0 Å². The lowest BCUT2D eigenvalue weighted by molar-refractivity contribution is -0.185. The molecule has 0 saturated carbocycles. The maximum Gasteiger partial charge on any atom is 0.223 e. The molecule has 0 bridgehead atoms. The molecule has 0 aromatic carbocycles. The number of hydrogen-bond acceptors (Lipinski definition) is 4. The topological polar surface area (TPSA) is 42.0 Å². The maximum atomic E-state index is 12.3. The van der Waals surface area contributed by atoms with Crippen molar-refractivity contribution in [2.75, 3.05) is 45.9 Å². The lowest BCUT2D eigenvalue weighted by Gasteiger charge is -2.38. The van der Waals surface area contributed by atoms with Crippen LogP contribution >= 0.6 is 0 Å². The molecule has 3 saturated heterocycles. The Morgan fingerprint density at radius 2 is 1.90 bits per heavy atom. The molecule has 1 unspecified atom stereocenters. The number of amides is 1. The minimum atomic E-state index is -0.303. The predicted molar refractivity (Wildman–Crippen MR) is 79.9 cm³/mol. The van der Waals surface area contributed by atoms with Crippen LogP contribution in [-0.2, 0) is 14.3 Å². The summed E-state index contributed by atoms with van der Waals surface area (Å²) in [7, 11) is 0. The third-order valence-electron chi connectivity index (χ3n) is 5.08. The summed E-state index contributed by atoms with van der Waals surface area (Å²) >= 11 is 0. The average Bonchev–Trinajstić information content (AvgIpc) is 2.95. The van der Waals surface area contributed by atoms with Gasteiger partial charge in [-0.3, -0.25) is 4.79 Å². The number of ether oxygens (including phenoxy) is 2. The van der Waals surface area contributed by atoms with Gasteiger partial charge in [0.05, 0.1) is 13.2 Å². The van der Waals surface area contributed by atoms with Crippen molar-refractivity contribution in [2.45, 2.75) is 44.8 Å². The molecule has 0 aliphatic carbocycles. The molecule has 1 amide bonds. The van der Waals surface area contributed by atoms with Gasteiger partial charge in [-0.1, -0.05) is 6.92 Å². The second kappa shape index (κ2) is 6.63. The first kappa shape index (κ1) is 15.3. The van der Waals surface area contributed by atoms with Gasteiger partial charge in [-0.25, -0.2) is 0 Å². The molecule has 21 heavy (non-hydrogen) atoms. The summed E-state index contributed by atoms with van der Waals surface area (Å²) in [5, 5.41) is 0. The predicted octanol–water partition coefficient (Wildman–Crippen LogP) is 1.47. The standard InChI is InChI=1S/C16H28N2O3/c1-14-3-2-7-18(13-14)15(19)4-8-17-9-5-16(6-10-17)20-11-12-21-16/h14H,2-13H2,1H3. The molecule has 3 rings (SSSR count). The number of carbonyl (C=O) groups excluding carboxylic acids is 1. The van der Waals surface area contributed by atoms with Gasteiger partial charge < -0.3 is 19.3 Å². The summed E-state index contributed by atoms with van der Waals surface area (Å²) in [6, 6.07) is 0. The van der Waals surface area contributed by atoms with Crippen molar-refractivity contribution in [2.24, 2.45) is 5.92 Å². The molecule has 0 radical (unpaired) electrons. The van der Waals surface area contributed by atoms with E-state index < -0.39 is 0 Å². The number of piperidine rings is 2. The van der Waals surface area contributed by atoms with Gasteiger partial charge in [0.2, 0.25) is 5.91 Å². The van der Waals surface area contributed by atoms with E-state index in [0.717, 1.165) is 65.2 Å². The first-order valence-electron chi connectivity index (χ1n) is 8.45. The number of rotatable bonds is 3. The second-order valence-corrected chi connectivity index (χ2v) is 6.79. The van der Waals surface area contributed by atoms with Crippen LogP contribution in [0.4, 0.5) is 0 Å². The van der Waals surface area contributed by atoms with Crippen LogP contribution < -0.4 is 0 Å². The lowest BCUT2D eigenvalue weighted by atomic mass is 10.00. The zero-order valence-electron chi connectivity index (χ0n) is 13.2. The van der Waals surface area contributed by atoms with Crippen molar-refractivity contribution in [3.05, 3.63) is 0 Å². The lowest BCUT2D eigenvalue weighted by Crippen LogP contribution is -2.46. The molecule has 0 N–H and O–H groups in total. The summed E-state index contributed by atoms with van der Waals surface area (Å²) in [6.07, 6.45) is 4.94. The number of carbonyl (C=O) groups is 1. The third-order valence-corrected chi connectivity index (χ3v) is 5.08. The minimum Gasteiger partial charge on any atom is -0.347 e. The van der Waals surface area contributed by atoms with Crippen LogP contribution in [0.25, 0.3) is 0 Å². The first-order chi connectivity index (χ1) is 10.2. The average molecular weight is 296 g/mol. The monoisotopic (exact) mass is 296 g/mol. The molecule has 3 aliphatic rings. The molecule has 0 aromatic heterocycles. The Morgan fingerprint density at radius 1 is 1.19 bits per heavy atom. The van der Waals surface area contributed by atoms with Gasteiger partial charge in [0.15, 0.2) is 5.79 Å². The molecule has 5 heteroatoms. The highest BCUT2D eigenvalue weighted by atomic mass is 16.7. The molecular formula is C16H28N2O3. The van der Waals surface area contributed by atoms with E-state index in [-0.39, 0.29) is 5.79 Å². The number of hydrogen-bond donors (Lipinski definition) is 0. The van der Waals surface area contributed by atoms with Crippen molar-refractivity contribution in [3.63, 3.8) is 0 Å². The number of likely N-dealkylation sites (tertiary alicyclic amines) is 2. The Bertz CT molecular complexity index is 359. The van der Waals surface area contributed by atoms with Crippen molar-refractivity contribution in [1.29, 1.82) is 0 Å². The SMILES string of the molecule is CC1CCCN(C(=O)CCN2CCC3(CC2)OCCO3)C1. The summed E-state index contributed by atoms with van der Waals surface area (Å²) < 4.78 is 11.5. The van der Waals surface area contributed by atoms with Crippen LogP contribution in [0.1, 0.15) is 39.0 Å². The molecule has 3 heterocycles. The number of nitrogens with zero attached hydrogens (tertiary/aromatic N) is 2. The molecule has 3 fully saturated rings. The van der Waals surface area contributed by atoms with E-state index in [1.54, 1.807) is 0 Å². The first-order valence-corrected chi connectivity index (χ1v) is 8.45. The van der Waals surface area contributed by atoms with Gasteiger partial charge in [-0.15, -0.1) is 0 Å². The fraction of sp³-hybridized carbons (Fsp3) is 0.938. The Balaban J connectivity index is 1.38. The maximum absolute atomic E-state index is 12.3. The van der Waals surface area contributed by atoms with E-state index in [2.05, 4.69) is 16.7 Å². The normalized spacial score (nSPS) is 30.0. The van der Waals surface area contributed by atoms with E-state index in [1.807, 2.05) is 0 Å². The highest BCUT2D eigenvalue weighted by Crippen LogP contribution is 2.31. The van der Waals surface area contributed by atoms with E-state index in [4.69, 9.17) is 9.47 Å². The molecule has 3 aliphatic heterocycles. The minimum absolute atomic E-state index is 0.303. The highest BCUT2D eigenvalue weighted by Gasteiger charge is 2.39. The molecule has 0 aromatic rings. The summed E-state index contributed by atoms with van der Waals surface area (Å²) in [6.45, 7) is 8.42.